The van der Waals surface area contributed by atoms with Crippen molar-refractivity contribution in [1.29, 1.82) is 0 Å². The lowest BCUT2D eigenvalue weighted by atomic mass is 10.1. The first kappa shape index (κ1) is 19.7. The molecule has 0 bridgehead atoms. The molecule has 2 aromatic carbocycles. The molecule has 2 aromatic rings. The number of amides is 1. The molecule has 8 heteroatoms. The van der Waals surface area contributed by atoms with E-state index in [2.05, 4.69) is 10.0 Å². The van der Waals surface area contributed by atoms with Crippen LogP contribution in [0.25, 0.3) is 0 Å². The van der Waals surface area contributed by atoms with Crippen molar-refractivity contribution in [3.8, 4) is 0 Å². The Morgan fingerprint density at radius 1 is 1.04 bits per heavy atom. The average molecular weight is 401 g/mol. The Balaban J connectivity index is 2.12. The fourth-order valence-corrected chi connectivity index (χ4v) is 4.38. The van der Waals surface area contributed by atoms with Crippen molar-refractivity contribution in [2.24, 2.45) is 0 Å². The minimum Gasteiger partial charge on any atom is -0.324 e. The summed E-state index contributed by atoms with van der Waals surface area (Å²) in [6.45, 7) is 4.92. The molecular formula is C17H18Cl2N2O3S. The highest BCUT2D eigenvalue weighted by Gasteiger charge is 2.21. The van der Waals surface area contributed by atoms with Crippen molar-refractivity contribution in [2.75, 3.05) is 11.9 Å². The normalized spacial score (nSPS) is 11.4. The van der Waals surface area contributed by atoms with Gasteiger partial charge in [0.15, 0.2) is 0 Å². The van der Waals surface area contributed by atoms with E-state index in [1.807, 2.05) is 6.92 Å². The highest BCUT2D eigenvalue weighted by molar-refractivity contribution is 7.89. The minimum atomic E-state index is -3.81. The molecule has 1 amide bonds. The number of sulfonamides is 1. The van der Waals surface area contributed by atoms with Crippen LogP contribution in [0, 0.1) is 20.8 Å². The van der Waals surface area contributed by atoms with Gasteiger partial charge in [-0.3, -0.25) is 4.79 Å². The molecule has 25 heavy (non-hydrogen) atoms. The fourth-order valence-electron chi connectivity index (χ4n) is 2.61. The van der Waals surface area contributed by atoms with Crippen molar-refractivity contribution in [2.45, 2.75) is 25.7 Å². The molecule has 2 N–H and O–H groups in total. The molecule has 134 valence electrons. The van der Waals surface area contributed by atoms with Gasteiger partial charge in [0.25, 0.3) is 0 Å². The SMILES string of the molecule is Cc1cc(C)c(S(=O)(=O)NCC(=O)Nc2cc(Cl)ccc2Cl)c(C)c1. The van der Waals surface area contributed by atoms with Crippen LogP contribution < -0.4 is 10.0 Å². The monoisotopic (exact) mass is 400 g/mol. The summed E-state index contributed by atoms with van der Waals surface area (Å²) in [6, 6.07) is 8.19. The van der Waals surface area contributed by atoms with E-state index in [9.17, 15) is 13.2 Å². The molecule has 0 heterocycles. The highest BCUT2D eigenvalue weighted by atomic mass is 35.5. The zero-order valence-electron chi connectivity index (χ0n) is 14.0. The van der Waals surface area contributed by atoms with Crippen LogP contribution in [0.2, 0.25) is 10.0 Å². The quantitative estimate of drug-likeness (QED) is 0.800. The lowest BCUT2D eigenvalue weighted by molar-refractivity contribution is -0.115. The zero-order chi connectivity index (χ0) is 18.8. The molecular weight excluding hydrogens is 383 g/mol. The third kappa shape index (κ3) is 4.95. The molecule has 0 atom stereocenters. The first-order chi connectivity index (χ1) is 11.6. The van der Waals surface area contributed by atoms with Gasteiger partial charge in [0.05, 0.1) is 22.2 Å². The minimum absolute atomic E-state index is 0.187. The summed E-state index contributed by atoms with van der Waals surface area (Å²) in [5.41, 5.74) is 2.55. The molecule has 2 rings (SSSR count). The number of nitrogens with one attached hydrogen (secondary N) is 2. The number of hydrogen-bond acceptors (Lipinski definition) is 3. The van der Waals surface area contributed by atoms with Gasteiger partial charge >= 0.3 is 0 Å². The van der Waals surface area contributed by atoms with Gasteiger partial charge in [-0.25, -0.2) is 13.1 Å². The fraction of sp³-hybridized carbons (Fsp3) is 0.235. The molecule has 0 aromatic heterocycles. The molecule has 0 fully saturated rings. The number of hydrogen-bond donors (Lipinski definition) is 2. The molecule has 0 saturated carbocycles. The third-order valence-corrected chi connectivity index (χ3v) is 5.77. The van der Waals surface area contributed by atoms with Crippen LogP contribution in [0.3, 0.4) is 0 Å². The Morgan fingerprint density at radius 3 is 2.24 bits per heavy atom. The smallest absolute Gasteiger partial charge is 0.241 e. The van der Waals surface area contributed by atoms with Crippen LogP contribution in [-0.2, 0) is 14.8 Å². The standard InChI is InChI=1S/C17H18Cl2N2O3S/c1-10-6-11(2)17(12(3)7-10)25(23,24)20-9-16(22)21-15-8-13(18)4-5-14(15)19/h4-8,20H,9H2,1-3H3,(H,21,22). The molecule has 0 aliphatic rings. The Hall–Kier alpha value is -1.60. The predicted molar refractivity (Wildman–Crippen MR) is 101 cm³/mol. The van der Waals surface area contributed by atoms with Gasteiger partial charge in [0.1, 0.15) is 0 Å². The largest absolute Gasteiger partial charge is 0.324 e. The van der Waals surface area contributed by atoms with Gasteiger partial charge in [-0.1, -0.05) is 40.9 Å². The number of benzene rings is 2. The summed E-state index contributed by atoms with van der Waals surface area (Å²) in [7, 11) is -3.81. The van der Waals surface area contributed by atoms with Gasteiger partial charge in [-0.2, -0.15) is 0 Å². The molecule has 0 aliphatic carbocycles. The second-order valence-corrected chi connectivity index (χ2v) is 8.27. The summed E-state index contributed by atoms with van der Waals surface area (Å²) in [5.74, 6) is -0.546. The number of halogens is 2. The molecule has 0 spiro atoms. The van der Waals surface area contributed by atoms with E-state index in [4.69, 9.17) is 23.2 Å². The van der Waals surface area contributed by atoms with Crippen LogP contribution in [-0.4, -0.2) is 20.9 Å². The maximum absolute atomic E-state index is 12.5. The Labute approximate surface area is 157 Å². The van der Waals surface area contributed by atoms with E-state index in [-0.39, 0.29) is 4.90 Å². The number of aryl methyl sites for hydroxylation is 3. The molecule has 0 radical (unpaired) electrons. The zero-order valence-corrected chi connectivity index (χ0v) is 16.3. The number of anilines is 1. The topological polar surface area (TPSA) is 75.3 Å². The van der Waals surface area contributed by atoms with Crippen molar-refractivity contribution in [3.63, 3.8) is 0 Å². The van der Waals surface area contributed by atoms with E-state index >= 15 is 0 Å². The van der Waals surface area contributed by atoms with Crippen molar-refractivity contribution < 1.29 is 13.2 Å². The van der Waals surface area contributed by atoms with Gasteiger partial charge in [0.2, 0.25) is 15.9 Å². The highest BCUT2D eigenvalue weighted by Crippen LogP contribution is 2.25. The second-order valence-electron chi connectivity index (χ2n) is 5.72. The van der Waals surface area contributed by atoms with E-state index in [1.54, 1.807) is 38.1 Å². The van der Waals surface area contributed by atoms with E-state index in [1.165, 1.54) is 6.07 Å². The van der Waals surface area contributed by atoms with Crippen LogP contribution >= 0.6 is 23.2 Å². The van der Waals surface area contributed by atoms with E-state index in [0.717, 1.165) is 5.56 Å². The maximum atomic E-state index is 12.5. The van der Waals surface area contributed by atoms with Gasteiger partial charge < -0.3 is 5.32 Å². The van der Waals surface area contributed by atoms with Crippen molar-refractivity contribution in [3.05, 3.63) is 57.1 Å². The second kappa shape index (κ2) is 7.74. The van der Waals surface area contributed by atoms with Crippen LogP contribution in [0.4, 0.5) is 5.69 Å². The number of rotatable bonds is 5. The molecule has 0 saturated heterocycles. The van der Waals surface area contributed by atoms with Crippen LogP contribution in [0.1, 0.15) is 16.7 Å². The first-order valence-electron chi connectivity index (χ1n) is 7.42. The van der Waals surface area contributed by atoms with Gasteiger partial charge in [-0.05, 0) is 50.1 Å². The maximum Gasteiger partial charge on any atom is 0.241 e. The Bertz CT molecular complexity index is 904. The predicted octanol–water partition coefficient (Wildman–Crippen LogP) is 3.84. The molecule has 0 aliphatic heterocycles. The first-order valence-corrected chi connectivity index (χ1v) is 9.66. The lowest BCUT2D eigenvalue weighted by Crippen LogP contribution is -2.33. The average Bonchev–Trinajstić information content (AvgIpc) is 2.47. The number of carbonyl (C=O) groups excluding carboxylic acids is 1. The summed E-state index contributed by atoms with van der Waals surface area (Å²) in [6.07, 6.45) is 0. The number of carbonyl (C=O) groups is 1. The summed E-state index contributed by atoms with van der Waals surface area (Å²) in [4.78, 5) is 12.2. The van der Waals surface area contributed by atoms with E-state index in [0.29, 0.717) is 26.9 Å². The summed E-state index contributed by atoms with van der Waals surface area (Å²) in [5, 5.41) is 3.25. The van der Waals surface area contributed by atoms with Crippen LogP contribution in [0.15, 0.2) is 35.2 Å². The Kier molecular flexibility index (Phi) is 6.11. The lowest BCUT2D eigenvalue weighted by Gasteiger charge is -2.13. The van der Waals surface area contributed by atoms with Crippen molar-refractivity contribution in [1.82, 2.24) is 4.72 Å². The molecule has 5 nitrogen and oxygen atoms in total. The van der Waals surface area contributed by atoms with Gasteiger partial charge in [0, 0.05) is 5.02 Å². The molecule has 0 unspecified atom stereocenters. The summed E-state index contributed by atoms with van der Waals surface area (Å²) >= 11 is 11.8. The Morgan fingerprint density at radius 2 is 1.64 bits per heavy atom. The van der Waals surface area contributed by atoms with Gasteiger partial charge in [-0.15, -0.1) is 0 Å². The third-order valence-electron chi connectivity index (χ3n) is 3.50. The van der Waals surface area contributed by atoms with Crippen molar-refractivity contribution >= 4 is 44.8 Å². The van der Waals surface area contributed by atoms with Crippen LogP contribution in [0.5, 0.6) is 0 Å². The summed E-state index contributed by atoms with van der Waals surface area (Å²) < 4.78 is 27.4. The van der Waals surface area contributed by atoms with E-state index < -0.39 is 22.5 Å².